The van der Waals surface area contributed by atoms with Crippen LogP contribution in [0.4, 0.5) is 4.79 Å². The van der Waals surface area contributed by atoms with Crippen LogP contribution in [0.2, 0.25) is 0 Å². The Balaban J connectivity index is 1.43. The van der Waals surface area contributed by atoms with E-state index in [2.05, 4.69) is 22.0 Å². The SMILES string of the molecule is Cc1cc(C(=O)CN2C(=O)NC(C)(CCc3ccccc3)C2=O)c(C)n1CCc1ccccc1. The van der Waals surface area contributed by atoms with Gasteiger partial charge in [0.25, 0.3) is 5.91 Å². The van der Waals surface area contributed by atoms with E-state index in [4.69, 9.17) is 0 Å². The standard InChI is InChI=1S/C28H31N3O3/c1-20-18-24(21(2)30(20)17-15-23-12-8-5-9-13-23)25(32)19-31-26(33)28(3,29-27(31)34)16-14-22-10-6-4-7-11-22/h4-13,18H,14-17,19H2,1-3H3,(H,29,34). The Morgan fingerprint density at radius 1 is 0.912 bits per heavy atom. The number of hydrogen-bond acceptors (Lipinski definition) is 3. The zero-order valence-electron chi connectivity index (χ0n) is 20.0. The number of ketones is 1. The first-order valence-corrected chi connectivity index (χ1v) is 11.7. The Bertz CT molecular complexity index is 1200. The summed E-state index contributed by atoms with van der Waals surface area (Å²) in [4.78, 5) is 40.0. The molecule has 2 heterocycles. The molecule has 0 spiro atoms. The van der Waals surface area contributed by atoms with Gasteiger partial charge in [-0.3, -0.25) is 14.5 Å². The summed E-state index contributed by atoms with van der Waals surface area (Å²) in [5.41, 5.74) is 3.73. The van der Waals surface area contributed by atoms with Gasteiger partial charge in [-0.05, 0) is 57.2 Å². The molecule has 1 unspecified atom stereocenters. The van der Waals surface area contributed by atoms with Crippen LogP contribution in [0, 0.1) is 13.8 Å². The zero-order valence-corrected chi connectivity index (χ0v) is 20.0. The second-order valence-corrected chi connectivity index (χ2v) is 9.23. The highest BCUT2D eigenvalue weighted by atomic mass is 16.2. The van der Waals surface area contributed by atoms with E-state index >= 15 is 0 Å². The van der Waals surface area contributed by atoms with Gasteiger partial charge in [0.15, 0.2) is 5.78 Å². The smallest absolute Gasteiger partial charge is 0.325 e. The predicted octanol–water partition coefficient (Wildman–Crippen LogP) is 4.47. The van der Waals surface area contributed by atoms with Crippen molar-refractivity contribution in [1.29, 1.82) is 0 Å². The third-order valence-electron chi connectivity index (χ3n) is 6.74. The van der Waals surface area contributed by atoms with Crippen molar-refractivity contribution in [2.24, 2.45) is 0 Å². The molecule has 1 atom stereocenters. The molecule has 2 aromatic carbocycles. The number of Topliss-reactive ketones (excluding diaryl/α,β-unsaturated/α-hetero) is 1. The number of urea groups is 1. The predicted molar refractivity (Wildman–Crippen MR) is 132 cm³/mol. The molecule has 0 bridgehead atoms. The van der Waals surface area contributed by atoms with Crippen molar-refractivity contribution in [2.75, 3.05) is 6.54 Å². The molecule has 3 amide bonds. The summed E-state index contributed by atoms with van der Waals surface area (Å²) in [5, 5.41) is 2.81. The number of benzene rings is 2. The molecule has 34 heavy (non-hydrogen) atoms. The third-order valence-corrected chi connectivity index (χ3v) is 6.74. The van der Waals surface area contributed by atoms with Crippen LogP contribution in [0.3, 0.4) is 0 Å². The number of rotatable bonds is 9. The van der Waals surface area contributed by atoms with Gasteiger partial charge >= 0.3 is 6.03 Å². The molecule has 1 fully saturated rings. The van der Waals surface area contributed by atoms with Gasteiger partial charge in [-0.15, -0.1) is 0 Å². The van der Waals surface area contributed by atoms with Crippen molar-refractivity contribution in [2.45, 2.75) is 52.1 Å². The first-order valence-electron chi connectivity index (χ1n) is 11.7. The molecule has 4 rings (SSSR count). The summed E-state index contributed by atoms with van der Waals surface area (Å²) >= 11 is 0. The maximum atomic E-state index is 13.2. The van der Waals surface area contributed by atoms with Crippen LogP contribution in [0.15, 0.2) is 66.7 Å². The second kappa shape index (κ2) is 9.67. The number of carbonyl (C=O) groups excluding carboxylic acids is 3. The molecule has 0 saturated carbocycles. The van der Waals surface area contributed by atoms with Gasteiger partial charge in [-0.25, -0.2) is 4.79 Å². The molecule has 1 aromatic heterocycles. The normalized spacial score (nSPS) is 17.8. The number of aryl methyl sites for hydroxylation is 3. The van der Waals surface area contributed by atoms with E-state index in [1.807, 2.05) is 68.4 Å². The number of amides is 3. The Morgan fingerprint density at radius 3 is 2.12 bits per heavy atom. The van der Waals surface area contributed by atoms with E-state index in [-0.39, 0.29) is 18.2 Å². The van der Waals surface area contributed by atoms with Crippen LogP contribution in [0.5, 0.6) is 0 Å². The molecule has 3 aromatic rings. The fraction of sp³-hybridized carbons (Fsp3) is 0.321. The fourth-order valence-electron chi connectivity index (χ4n) is 4.64. The van der Waals surface area contributed by atoms with E-state index in [9.17, 15) is 14.4 Å². The zero-order chi connectivity index (χ0) is 24.3. The van der Waals surface area contributed by atoms with Crippen molar-refractivity contribution in [3.8, 4) is 0 Å². The lowest BCUT2D eigenvalue weighted by atomic mass is 9.93. The topological polar surface area (TPSA) is 71.4 Å². The fourth-order valence-corrected chi connectivity index (χ4v) is 4.64. The van der Waals surface area contributed by atoms with Crippen molar-refractivity contribution >= 4 is 17.7 Å². The maximum absolute atomic E-state index is 13.2. The second-order valence-electron chi connectivity index (χ2n) is 9.23. The highest BCUT2D eigenvalue weighted by Gasteiger charge is 2.48. The highest BCUT2D eigenvalue weighted by Crippen LogP contribution is 2.25. The number of aromatic nitrogens is 1. The van der Waals surface area contributed by atoms with Crippen LogP contribution in [0.1, 0.15) is 46.2 Å². The summed E-state index contributed by atoms with van der Waals surface area (Å²) in [6.07, 6.45) is 1.99. The van der Waals surface area contributed by atoms with Crippen LogP contribution in [0.25, 0.3) is 0 Å². The van der Waals surface area contributed by atoms with Crippen molar-refractivity contribution in [1.82, 2.24) is 14.8 Å². The largest absolute Gasteiger partial charge is 0.348 e. The molecule has 0 aliphatic carbocycles. The van der Waals surface area contributed by atoms with Gasteiger partial charge in [0.05, 0.1) is 6.54 Å². The molecule has 1 aliphatic heterocycles. The number of nitrogens with one attached hydrogen (secondary N) is 1. The van der Waals surface area contributed by atoms with Crippen molar-refractivity contribution in [3.05, 3.63) is 94.8 Å². The van der Waals surface area contributed by atoms with Gasteiger partial charge in [0, 0.05) is 23.5 Å². The van der Waals surface area contributed by atoms with Crippen LogP contribution >= 0.6 is 0 Å². The molecular formula is C28H31N3O3. The average molecular weight is 458 g/mol. The van der Waals surface area contributed by atoms with Crippen LogP contribution in [-0.4, -0.2) is 39.3 Å². The Labute approximate surface area is 200 Å². The summed E-state index contributed by atoms with van der Waals surface area (Å²) < 4.78 is 2.12. The van der Waals surface area contributed by atoms with Crippen molar-refractivity contribution < 1.29 is 14.4 Å². The molecule has 6 heteroatoms. The molecule has 1 aliphatic rings. The summed E-state index contributed by atoms with van der Waals surface area (Å²) in [5.74, 6) is -0.575. The van der Waals surface area contributed by atoms with Gasteiger partial charge in [0.1, 0.15) is 5.54 Å². The molecule has 1 saturated heterocycles. The number of imide groups is 1. The van der Waals surface area contributed by atoms with Gasteiger partial charge < -0.3 is 9.88 Å². The van der Waals surface area contributed by atoms with E-state index in [0.29, 0.717) is 18.4 Å². The molecule has 0 radical (unpaired) electrons. The summed E-state index contributed by atoms with van der Waals surface area (Å²) in [7, 11) is 0. The third kappa shape index (κ3) is 4.81. The molecule has 1 N–H and O–H groups in total. The van der Waals surface area contributed by atoms with Crippen LogP contribution in [-0.2, 0) is 24.2 Å². The Hall–Kier alpha value is -3.67. The van der Waals surface area contributed by atoms with Gasteiger partial charge in [0.2, 0.25) is 0 Å². The minimum Gasteiger partial charge on any atom is -0.348 e. The number of carbonyl (C=O) groups is 3. The Kier molecular flexibility index (Phi) is 6.68. The summed E-state index contributed by atoms with van der Waals surface area (Å²) in [6.45, 7) is 6.13. The quantitative estimate of drug-likeness (QED) is 0.381. The van der Waals surface area contributed by atoms with E-state index in [1.54, 1.807) is 6.92 Å². The molecular weight excluding hydrogens is 426 g/mol. The monoisotopic (exact) mass is 457 g/mol. The maximum Gasteiger partial charge on any atom is 0.325 e. The first-order chi connectivity index (χ1) is 16.3. The van der Waals surface area contributed by atoms with Crippen LogP contribution < -0.4 is 5.32 Å². The molecule has 6 nitrogen and oxygen atoms in total. The van der Waals surface area contributed by atoms with E-state index in [1.165, 1.54) is 5.56 Å². The van der Waals surface area contributed by atoms with Gasteiger partial charge in [-0.1, -0.05) is 60.7 Å². The summed E-state index contributed by atoms with van der Waals surface area (Å²) in [6, 6.07) is 21.4. The first kappa shape index (κ1) is 23.5. The lowest BCUT2D eigenvalue weighted by Crippen LogP contribution is -2.44. The minimum atomic E-state index is -1.01. The number of hydrogen-bond donors (Lipinski definition) is 1. The Morgan fingerprint density at radius 2 is 1.50 bits per heavy atom. The average Bonchev–Trinajstić information content (AvgIpc) is 3.24. The van der Waals surface area contributed by atoms with E-state index < -0.39 is 11.6 Å². The lowest BCUT2D eigenvalue weighted by Gasteiger charge is -2.21. The van der Waals surface area contributed by atoms with E-state index in [0.717, 1.165) is 34.8 Å². The minimum absolute atomic E-state index is 0.227. The van der Waals surface area contributed by atoms with Gasteiger partial charge in [-0.2, -0.15) is 0 Å². The molecule has 176 valence electrons. The highest BCUT2D eigenvalue weighted by molar-refractivity contribution is 6.11. The van der Waals surface area contributed by atoms with Crippen molar-refractivity contribution in [3.63, 3.8) is 0 Å². The lowest BCUT2D eigenvalue weighted by molar-refractivity contribution is -0.130. The number of nitrogens with zero attached hydrogens (tertiary/aromatic N) is 2.